The van der Waals surface area contributed by atoms with Crippen LogP contribution in [0.25, 0.3) is 0 Å². The number of hydrogen-bond donors (Lipinski definition) is 1. The van der Waals surface area contributed by atoms with Gasteiger partial charge in [-0.1, -0.05) is 53.9 Å². The molecule has 2 N–H and O–H groups in total. The summed E-state index contributed by atoms with van der Waals surface area (Å²) in [5, 5.41) is 0. The fourth-order valence-electron chi connectivity index (χ4n) is 9.32. The van der Waals surface area contributed by atoms with Gasteiger partial charge in [0.15, 0.2) is 0 Å². The van der Waals surface area contributed by atoms with E-state index in [2.05, 4.69) is 34.6 Å². The maximum Gasteiger partial charge on any atom is 0.00418 e. The average Bonchev–Trinajstić information content (AvgIpc) is 2.99. The molecule has 0 saturated heterocycles. The fraction of sp³-hybridized carbons (Fsp3) is 1.00. The van der Waals surface area contributed by atoms with Crippen molar-refractivity contribution in [2.75, 3.05) is 0 Å². The van der Waals surface area contributed by atoms with E-state index in [-0.39, 0.29) is 0 Å². The molecule has 4 fully saturated rings. The van der Waals surface area contributed by atoms with E-state index in [1.807, 2.05) is 0 Å². The van der Waals surface area contributed by atoms with Gasteiger partial charge in [0.25, 0.3) is 0 Å². The van der Waals surface area contributed by atoms with Crippen LogP contribution in [0.3, 0.4) is 0 Å². The van der Waals surface area contributed by atoms with Crippen LogP contribution < -0.4 is 5.73 Å². The second kappa shape index (κ2) is 7.90. The van der Waals surface area contributed by atoms with E-state index in [1.54, 1.807) is 0 Å². The molecular formula is C27H49N. The van der Waals surface area contributed by atoms with Crippen LogP contribution in [-0.4, -0.2) is 6.04 Å². The highest BCUT2D eigenvalue weighted by Crippen LogP contribution is 2.68. The Morgan fingerprint density at radius 1 is 0.821 bits per heavy atom. The third-order valence-electron chi connectivity index (χ3n) is 10.9. The molecule has 162 valence electrons. The first-order valence-corrected chi connectivity index (χ1v) is 13.0. The first-order valence-electron chi connectivity index (χ1n) is 13.0. The molecule has 0 aromatic heterocycles. The molecule has 2 unspecified atom stereocenters. The van der Waals surface area contributed by atoms with Crippen LogP contribution in [0.2, 0.25) is 0 Å². The summed E-state index contributed by atoms with van der Waals surface area (Å²) in [6.07, 6.45) is 17.5. The van der Waals surface area contributed by atoms with Crippen LogP contribution >= 0.6 is 0 Å². The minimum Gasteiger partial charge on any atom is -0.328 e. The van der Waals surface area contributed by atoms with Crippen LogP contribution in [0.4, 0.5) is 0 Å². The molecule has 4 saturated carbocycles. The zero-order valence-corrected chi connectivity index (χ0v) is 19.7. The molecular weight excluding hydrogens is 338 g/mol. The monoisotopic (exact) mass is 387 g/mol. The lowest BCUT2D eigenvalue weighted by molar-refractivity contribution is -0.116. The van der Waals surface area contributed by atoms with Gasteiger partial charge in [0.05, 0.1) is 0 Å². The summed E-state index contributed by atoms with van der Waals surface area (Å²) < 4.78 is 0. The quantitative estimate of drug-likeness (QED) is 0.521. The van der Waals surface area contributed by atoms with E-state index in [0.29, 0.717) is 16.9 Å². The lowest BCUT2D eigenvalue weighted by atomic mass is 9.44. The summed E-state index contributed by atoms with van der Waals surface area (Å²) in [5.41, 5.74) is 7.64. The van der Waals surface area contributed by atoms with Gasteiger partial charge in [-0.15, -0.1) is 0 Å². The van der Waals surface area contributed by atoms with Crippen molar-refractivity contribution in [3.05, 3.63) is 0 Å². The van der Waals surface area contributed by atoms with Gasteiger partial charge in [-0.05, 0) is 110 Å². The summed E-state index contributed by atoms with van der Waals surface area (Å²) in [6, 6.07) is 0.492. The first kappa shape index (κ1) is 21.2. The van der Waals surface area contributed by atoms with Crippen LogP contribution in [0.15, 0.2) is 0 Å². The highest BCUT2D eigenvalue weighted by Gasteiger charge is 2.60. The zero-order valence-electron chi connectivity index (χ0n) is 19.7. The van der Waals surface area contributed by atoms with Crippen molar-refractivity contribution in [1.82, 2.24) is 0 Å². The molecule has 0 aromatic rings. The Labute approximate surface area is 176 Å². The Bertz CT molecular complexity index is 540. The van der Waals surface area contributed by atoms with Crippen molar-refractivity contribution in [3.8, 4) is 0 Å². The Balaban J connectivity index is 1.46. The summed E-state index contributed by atoms with van der Waals surface area (Å²) in [5.74, 6) is 6.79. The van der Waals surface area contributed by atoms with Gasteiger partial charge in [0, 0.05) is 6.04 Å². The molecule has 4 aliphatic carbocycles. The standard InChI is InChI=1S/C27H49N/c1-18(2)7-6-8-19(3)23-11-12-24-22-10-9-20-17-21(28)13-15-26(20,4)25(22)14-16-27(23,24)5/h18-25H,6-17,28H2,1-5H3/t19?,20-,21?,22-,23+,24-,25-,26-,27+/m0/s1. The number of rotatable bonds is 5. The Hall–Kier alpha value is -0.0400. The van der Waals surface area contributed by atoms with Gasteiger partial charge >= 0.3 is 0 Å². The van der Waals surface area contributed by atoms with Gasteiger partial charge in [0.1, 0.15) is 0 Å². The second-order valence-corrected chi connectivity index (χ2v) is 12.7. The van der Waals surface area contributed by atoms with E-state index in [1.165, 1.54) is 77.0 Å². The van der Waals surface area contributed by atoms with E-state index in [4.69, 9.17) is 5.73 Å². The highest BCUT2D eigenvalue weighted by atomic mass is 14.7. The molecule has 4 rings (SSSR count). The van der Waals surface area contributed by atoms with Crippen molar-refractivity contribution < 1.29 is 0 Å². The molecule has 0 spiro atoms. The smallest absolute Gasteiger partial charge is 0.00418 e. The zero-order chi connectivity index (χ0) is 20.1. The van der Waals surface area contributed by atoms with Gasteiger partial charge in [0.2, 0.25) is 0 Å². The molecule has 0 aromatic carbocycles. The number of fused-ring (bicyclic) bond motifs is 5. The summed E-state index contributed by atoms with van der Waals surface area (Å²) in [6.45, 7) is 12.8. The normalized spacial score (nSPS) is 49.4. The van der Waals surface area contributed by atoms with Crippen LogP contribution in [0.1, 0.15) is 112 Å². The topological polar surface area (TPSA) is 26.0 Å². The number of nitrogens with two attached hydrogens (primary N) is 1. The molecule has 0 heterocycles. The predicted molar refractivity (Wildman–Crippen MR) is 121 cm³/mol. The van der Waals surface area contributed by atoms with Gasteiger partial charge in [-0.25, -0.2) is 0 Å². The van der Waals surface area contributed by atoms with Crippen molar-refractivity contribution in [3.63, 3.8) is 0 Å². The largest absolute Gasteiger partial charge is 0.328 e. The summed E-state index contributed by atoms with van der Waals surface area (Å²) in [7, 11) is 0. The van der Waals surface area contributed by atoms with Crippen LogP contribution in [0, 0.1) is 52.3 Å². The molecule has 0 bridgehead atoms. The molecule has 0 radical (unpaired) electrons. The molecule has 9 atom stereocenters. The minimum atomic E-state index is 0.492. The molecule has 0 amide bonds. The minimum absolute atomic E-state index is 0.492. The second-order valence-electron chi connectivity index (χ2n) is 12.7. The highest BCUT2D eigenvalue weighted by molar-refractivity contribution is 5.09. The van der Waals surface area contributed by atoms with E-state index >= 15 is 0 Å². The molecule has 28 heavy (non-hydrogen) atoms. The van der Waals surface area contributed by atoms with Crippen molar-refractivity contribution >= 4 is 0 Å². The molecule has 0 aliphatic heterocycles. The lowest BCUT2D eigenvalue weighted by Crippen LogP contribution is -2.54. The SMILES string of the molecule is CC(C)CCCC(C)[C@H]1CC[C@H]2[C@@H]3CC[C@H]4CC(N)CC[C@]4(C)[C@H]3CC[C@]12C. The first-order chi connectivity index (χ1) is 13.3. The van der Waals surface area contributed by atoms with E-state index in [0.717, 1.165) is 41.4 Å². The predicted octanol–water partition coefficient (Wildman–Crippen LogP) is 7.44. The Morgan fingerprint density at radius 2 is 1.54 bits per heavy atom. The Kier molecular flexibility index (Phi) is 5.98. The van der Waals surface area contributed by atoms with Gasteiger partial charge in [-0.3, -0.25) is 0 Å². The Morgan fingerprint density at radius 3 is 2.29 bits per heavy atom. The van der Waals surface area contributed by atoms with E-state index < -0.39 is 0 Å². The molecule has 1 nitrogen and oxygen atoms in total. The third-order valence-corrected chi connectivity index (χ3v) is 10.9. The maximum absolute atomic E-state index is 6.39. The molecule has 1 heteroatoms. The lowest BCUT2D eigenvalue weighted by Gasteiger charge is -2.61. The maximum atomic E-state index is 6.39. The van der Waals surface area contributed by atoms with Gasteiger partial charge in [-0.2, -0.15) is 0 Å². The fourth-order valence-corrected chi connectivity index (χ4v) is 9.32. The van der Waals surface area contributed by atoms with Crippen molar-refractivity contribution in [2.45, 2.75) is 118 Å². The van der Waals surface area contributed by atoms with Crippen molar-refractivity contribution in [2.24, 2.45) is 58.0 Å². The van der Waals surface area contributed by atoms with Crippen LogP contribution in [0.5, 0.6) is 0 Å². The average molecular weight is 388 g/mol. The third kappa shape index (κ3) is 3.50. The van der Waals surface area contributed by atoms with Crippen molar-refractivity contribution in [1.29, 1.82) is 0 Å². The van der Waals surface area contributed by atoms with Crippen LogP contribution in [-0.2, 0) is 0 Å². The summed E-state index contributed by atoms with van der Waals surface area (Å²) in [4.78, 5) is 0. The van der Waals surface area contributed by atoms with Gasteiger partial charge < -0.3 is 5.73 Å². The number of hydrogen-bond acceptors (Lipinski definition) is 1. The molecule has 4 aliphatic rings. The van der Waals surface area contributed by atoms with E-state index in [9.17, 15) is 0 Å². The summed E-state index contributed by atoms with van der Waals surface area (Å²) >= 11 is 0.